The van der Waals surface area contributed by atoms with E-state index in [-0.39, 0.29) is 5.41 Å². The largest absolute Gasteiger partial charge is 0.330 e. The molecule has 3 aromatic carbocycles. The zero-order valence-corrected chi connectivity index (χ0v) is 14.1. The highest BCUT2D eigenvalue weighted by atomic mass is 14.6. The number of benzene rings is 3. The molecule has 0 fully saturated rings. The predicted octanol–water partition coefficient (Wildman–Crippen LogP) is 4.66. The average molecular weight is 315 g/mol. The molecule has 0 atom stereocenters. The third kappa shape index (κ3) is 4.33. The third-order valence-corrected chi connectivity index (χ3v) is 4.70. The van der Waals surface area contributed by atoms with E-state index in [1.54, 1.807) is 0 Å². The second-order valence-electron chi connectivity index (χ2n) is 6.69. The van der Waals surface area contributed by atoms with Crippen LogP contribution in [0.25, 0.3) is 0 Å². The van der Waals surface area contributed by atoms with Gasteiger partial charge < -0.3 is 5.73 Å². The van der Waals surface area contributed by atoms with Crippen LogP contribution in [-0.4, -0.2) is 6.54 Å². The molecule has 0 spiro atoms. The second-order valence-corrected chi connectivity index (χ2v) is 6.69. The summed E-state index contributed by atoms with van der Waals surface area (Å²) < 4.78 is 0. The molecule has 0 saturated heterocycles. The van der Waals surface area contributed by atoms with Gasteiger partial charge in [0.25, 0.3) is 0 Å². The van der Waals surface area contributed by atoms with E-state index >= 15 is 0 Å². The van der Waals surface area contributed by atoms with Crippen molar-refractivity contribution in [2.24, 2.45) is 11.1 Å². The van der Waals surface area contributed by atoms with Crippen molar-refractivity contribution in [3.8, 4) is 0 Å². The lowest BCUT2D eigenvalue weighted by atomic mass is 9.72. The van der Waals surface area contributed by atoms with E-state index in [1.165, 1.54) is 16.7 Å². The van der Waals surface area contributed by atoms with Crippen LogP contribution in [0.15, 0.2) is 91.0 Å². The maximum Gasteiger partial charge on any atom is -0.00109 e. The number of hydrogen-bond donors (Lipinski definition) is 1. The van der Waals surface area contributed by atoms with E-state index in [1.807, 2.05) is 0 Å². The second kappa shape index (κ2) is 7.94. The molecule has 1 nitrogen and oxygen atoms in total. The fourth-order valence-corrected chi connectivity index (χ4v) is 3.49. The van der Waals surface area contributed by atoms with Crippen LogP contribution >= 0.6 is 0 Å². The summed E-state index contributed by atoms with van der Waals surface area (Å²) in [6.07, 6.45) is 2.98. The first-order chi connectivity index (χ1) is 11.8. The molecule has 0 amide bonds. The Kier molecular flexibility index (Phi) is 5.45. The lowest BCUT2D eigenvalue weighted by Crippen LogP contribution is -2.37. The molecule has 0 aliphatic heterocycles. The molecule has 3 rings (SSSR count). The summed E-state index contributed by atoms with van der Waals surface area (Å²) in [7, 11) is 0. The van der Waals surface area contributed by atoms with Gasteiger partial charge in [0.05, 0.1) is 0 Å². The first-order valence-corrected chi connectivity index (χ1v) is 8.62. The molecular formula is C23H25N. The molecule has 0 saturated carbocycles. The molecule has 0 heterocycles. The van der Waals surface area contributed by atoms with Crippen molar-refractivity contribution in [3.63, 3.8) is 0 Å². The Morgan fingerprint density at radius 2 is 0.792 bits per heavy atom. The van der Waals surface area contributed by atoms with Gasteiger partial charge in [-0.05, 0) is 47.9 Å². The van der Waals surface area contributed by atoms with Gasteiger partial charge in [0.1, 0.15) is 0 Å². The normalized spacial score (nSPS) is 11.4. The summed E-state index contributed by atoms with van der Waals surface area (Å²) in [5.41, 5.74) is 10.5. The van der Waals surface area contributed by atoms with Crippen molar-refractivity contribution in [2.45, 2.75) is 19.3 Å². The lowest BCUT2D eigenvalue weighted by molar-refractivity contribution is 0.290. The Labute approximate surface area is 145 Å². The highest BCUT2D eigenvalue weighted by Gasteiger charge is 2.29. The fraction of sp³-hybridized carbons (Fsp3) is 0.217. The van der Waals surface area contributed by atoms with Gasteiger partial charge in [0.15, 0.2) is 0 Å². The summed E-state index contributed by atoms with van der Waals surface area (Å²) in [5.74, 6) is 0. The highest BCUT2D eigenvalue weighted by molar-refractivity contribution is 5.24. The Hall–Kier alpha value is -2.38. The molecule has 0 aliphatic rings. The van der Waals surface area contributed by atoms with E-state index < -0.39 is 0 Å². The highest BCUT2D eigenvalue weighted by Crippen LogP contribution is 2.31. The summed E-state index contributed by atoms with van der Waals surface area (Å²) in [6.45, 7) is 0.672. The fourth-order valence-electron chi connectivity index (χ4n) is 3.49. The van der Waals surface area contributed by atoms with Crippen molar-refractivity contribution in [3.05, 3.63) is 108 Å². The standard InChI is InChI=1S/C23H25N/c24-19-23(16-20-10-4-1-5-11-20,17-21-12-6-2-7-13-21)18-22-14-8-3-9-15-22/h1-15H,16-19,24H2. The number of rotatable bonds is 7. The number of nitrogens with two attached hydrogens (primary N) is 1. The van der Waals surface area contributed by atoms with Gasteiger partial charge in [-0.3, -0.25) is 0 Å². The molecule has 3 aromatic rings. The minimum atomic E-state index is 0.0318. The van der Waals surface area contributed by atoms with Gasteiger partial charge in [-0.15, -0.1) is 0 Å². The number of hydrogen-bond acceptors (Lipinski definition) is 1. The van der Waals surface area contributed by atoms with Crippen LogP contribution in [0.4, 0.5) is 0 Å². The Bertz CT molecular complexity index is 618. The van der Waals surface area contributed by atoms with Gasteiger partial charge in [0, 0.05) is 0 Å². The van der Waals surface area contributed by atoms with Crippen LogP contribution in [-0.2, 0) is 19.3 Å². The zero-order chi connectivity index (χ0) is 16.7. The topological polar surface area (TPSA) is 26.0 Å². The van der Waals surface area contributed by atoms with Crippen LogP contribution in [0, 0.1) is 5.41 Å². The molecular weight excluding hydrogens is 290 g/mol. The molecule has 0 aliphatic carbocycles. The molecule has 2 N–H and O–H groups in total. The van der Waals surface area contributed by atoms with Crippen molar-refractivity contribution in [1.82, 2.24) is 0 Å². The first-order valence-electron chi connectivity index (χ1n) is 8.62. The Morgan fingerprint density at radius 1 is 0.500 bits per heavy atom. The van der Waals surface area contributed by atoms with Gasteiger partial charge in [0.2, 0.25) is 0 Å². The minimum absolute atomic E-state index is 0.0318. The van der Waals surface area contributed by atoms with Gasteiger partial charge in [-0.1, -0.05) is 91.0 Å². The first kappa shape index (κ1) is 16.5. The molecule has 24 heavy (non-hydrogen) atoms. The smallest absolute Gasteiger partial charge is 0.00109 e. The molecule has 1 heteroatoms. The molecule has 0 aromatic heterocycles. The zero-order valence-electron chi connectivity index (χ0n) is 14.1. The van der Waals surface area contributed by atoms with Gasteiger partial charge in [-0.25, -0.2) is 0 Å². The monoisotopic (exact) mass is 315 g/mol. The van der Waals surface area contributed by atoms with Crippen LogP contribution < -0.4 is 5.73 Å². The van der Waals surface area contributed by atoms with Gasteiger partial charge in [-0.2, -0.15) is 0 Å². The molecule has 0 unspecified atom stereocenters. The SMILES string of the molecule is NCC(Cc1ccccc1)(Cc1ccccc1)Cc1ccccc1. The predicted molar refractivity (Wildman–Crippen MR) is 102 cm³/mol. The van der Waals surface area contributed by atoms with Crippen LogP contribution in [0.1, 0.15) is 16.7 Å². The lowest BCUT2D eigenvalue weighted by Gasteiger charge is -2.33. The van der Waals surface area contributed by atoms with Crippen LogP contribution in [0.2, 0.25) is 0 Å². The van der Waals surface area contributed by atoms with Crippen molar-refractivity contribution >= 4 is 0 Å². The van der Waals surface area contributed by atoms with Crippen molar-refractivity contribution in [2.75, 3.05) is 6.54 Å². The Morgan fingerprint density at radius 3 is 1.04 bits per heavy atom. The maximum atomic E-state index is 6.35. The van der Waals surface area contributed by atoms with E-state index in [4.69, 9.17) is 5.73 Å². The van der Waals surface area contributed by atoms with Crippen LogP contribution in [0.3, 0.4) is 0 Å². The summed E-state index contributed by atoms with van der Waals surface area (Å²) >= 11 is 0. The van der Waals surface area contributed by atoms with Crippen LogP contribution in [0.5, 0.6) is 0 Å². The summed E-state index contributed by atoms with van der Waals surface area (Å²) in [4.78, 5) is 0. The molecule has 0 radical (unpaired) electrons. The maximum absolute atomic E-state index is 6.35. The van der Waals surface area contributed by atoms with E-state index in [0.29, 0.717) is 6.54 Å². The van der Waals surface area contributed by atoms with E-state index in [2.05, 4.69) is 91.0 Å². The summed E-state index contributed by atoms with van der Waals surface area (Å²) in [5, 5.41) is 0. The third-order valence-electron chi connectivity index (χ3n) is 4.70. The van der Waals surface area contributed by atoms with Crippen molar-refractivity contribution < 1.29 is 0 Å². The summed E-state index contributed by atoms with van der Waals surface area (Å²) in [6, 6.07) is 32.1. The van der Waals surface area contributed by atoms with Gasteiger partial charge >= 0.3 is 0 Å². The minimum Gasteiger partial charge on any atom is -0.330 e. The quantitative estimate of drug-likeness (QED) is 0.674. The molecule has 0 bridgehead atoms. The van der Waals surface area contributed by atoms with E-state index in [0.717, 1.165) is 19.3 Å². The molecule has 122 valence electrons. The van der Waals surface area contributed by atoms with Crippen molar-refractivity contribution in [1.29, 1.82) is 0 Å². The van der Waals surface area contributed by atoms with E-state index in [9.17, 15) is 0 Å². The average Bonchev–Trinajstić information content (AvgIpc) is 2.64. The Balaban J connectivity index is 1.91.